The van der Waals surface area contributed by atoms with E-state index in [1.165, 1.54) is 0 Å². The monoisotopic (exact) mass is 383 g/mol. The van der Waals surface area contributed by atoms with Gasteiger partial charge in [0.15, 0.2) is 0 Å². The normalized spacial score (nSPS) is 14.2. The summed E-state index contributed by atoms with van der Waals surface area (Å²) in [5, 5.41) is 8.11. The highest BCUT2D eigenvalue weighted by Crippen LogP contribution is 2.29. The number of carbonyl (C=O) groups is 2. The minimum absolute atomic E-state index is 0.0344. The average Bonchev–Trinajstić information content (AvgIpc) is 3.14. The maximum atomic E-state index is 11.9. The Morgan fingerprint density at radius 1 is 1.36 bits per heavy atom. The van der Waals surface area contributed by atoms with Crippen LogP contribution in [0.3, 0.4) is 0 Å². The van der Waals surface area contributed by atoms with Crippen molar-refractivity contribution < 1.29 is 18.7 Å². The number of carbonyl (C=O) groups excluding carboxylic acids is 2. The van der Waals surface area contributed by atoms with Crippen molar-refractivity contribution in [2.45, 2.75) is 5.22 Å². The minimum Gasteiger partial charge on any atom is -0.447 e. The lowest BCUT2D eigenvalue weighted by molar-refractivity contribution is -0.125. The van der Waals surface area contributed by atoms with Gasteiger partial charge in [0.05, 0.1) is 17.9 Å². The van der Waals surface area contributed by atoms with E-state index in [-0.39, 0.29) is 30.0 Å². The highest BCUT2D eigenvalue weighted by molar-refractivity contribution is 9.10. The molecule has 1 aliphatic heterocycles. The molecule has 22 heavy (non-hydrogen) atoms. The van der Waals surface area contributed by atoms with Gasteiger partial charge >= 0.3 is 6.09 Å². The van der Waals surface area contributed by atoms with Crippen molar-refractivity contribution in [3.05, 3.63) is 28.7 Å². The number of rotatable bonds is 4. The van der Waals surface area contributed by atoms with Crippen molar-refractivity contribution in [1.29, 1.82) is 0 Å². The molecule has 0 radical (unpaired) electrons. The van der Waals surface area contributed by atoms with Crippen LogP contribution in [0.4, 0.5) is 4.79 Å². The van der Waals surface area contributed by atoms with Crippen LogP contribution >= 0.6 is 27.7 Å². The maximum Gasteiger partial charge on any atom is 0.416 e. The highest BCUT2D eigenvalue weighted by atomic mass is 79.9. The third-order valence-electron chi connectivity index (χ3n) is 2.89. The molecule has 1 aliphatic rings. The molecule has 114 valence electrons. The van der Waals surface area contributed by atoms with Crippen molar-refractivity contribution in [3.8, 4) is 11.5 Å². The molecule has 0 N–H and O–H groups in total. The number of halogens is 1. The number of cyclic esters (lactones) is 1. The van der Waals surface area contributed by atoms with E-state index in [2.05, 4.69) is 26.1 Å². The predicted octanol–water partition coefficient (Wildman–Crippen LogP) is 2.57. The van der Waals surface area contributed by atoms with Crippen molar-refractivity contribution in [1.82, 2.24) is 15.1 Å². The fourth-order valence-corrected chi connectivity index (χ4v) is 2.93. The third-order valence-corrected chi connectivity index (χ3v) is 4.39. The second kappa shape index (κ2) is 6.49. The minimum atomic E-state index is -0.606. The summed E-state index contributed by atoms with van der Waals surface area (Å²) in [4.78, 5) is 24.2. The van der Waals surface area contributed by atoms with E-state index in [1.54, 1.807) is 0 Å². The van der Waals surface area contributed by atoms with Crippen molar-refractivity contribution in [2.75, 3.05) is 18.9 Å². The summed E-state index contributed by atoms with van der Waals surface area (Å²) in [6.45, 7) is 0.520. The molecule has 1 aromatic heterocycles. The van der Waals surface area contributed by atoms with E-state index in [4.69, 9.17) is 9.15 Å². The van der Waals surface area contributed by atoms with Gasteiger partial charge in [-0.2, -0.15) is 0 Å². The molecule has 0 unspecified atom stereocenters. The van der Waals surface area contributed by atoms with Crippen LogP contribution in [0, 0.1) is 0 Å². The topological polar surface area (TPSA) is 85.5 Å². The fraction of sp³-hybridized carbons (Fsp3) is 0.231. The van der Waals surface area contributed by atoms with Crippen molar-refractivity contribution >= 4 is 39.7 Å². The number of benzene rings is 1. The fourth-order valence-electron chi connectivity index (χ4n) is 1.83. The number of imide groups is 1. The second-order valence-electron chi connectivity index (χ2n) is 4.30. The Hall–Kier alpha value is -1.87. The standard InChI is InChI=1S/C13H10BrN3O4S/c14-9-4-2-1-3-8(9)11-15-16-12(21-11)22-7-10(18)17-5-6-20-13(17)19/h1-4H,5-7H2. The van der Waals surface area contributed by atoms with Crippen LogP contribution in [0.15, 0.2) is 38.4 Å². The Balaban J connectivity index is 1.64. The lowest BCUT2D eigenvalue weighted by atomic mass is 10.2. The number of amides is 2. The van der Waals surface area contributed by atoms with E-state index >= 15 is 0 Å². The summed E-state index contributed by atoms with van der Waals surface area (Å²) >= 11 is 4.49. The van der Waals surface area contributed by atoms with Gasteiger partial charge in [-0.3, -0.25) is 4.79 Å². The average molecular weight is 384 g/mol. The molecule has 9 heteroatoms. The van der Waals surface area contributed by atoms with E-state index in [0.717, 1.165) is 26.7 Å². The number of hydrogen-bond acceptors (Lipinski definition) is 7. The first kappa shape index (κ1) is 15.0. The van der Waals surface area contributed by atoms with Crippen LogP contribution in [0.5, 0.6) is 0 Å². The van der Waals surface area contributed by atoms with Gasteiger partial charge < -0.3 is 9.15 Å². The van der Waals surface area contributed by atoms with Crippen LogP contribution in [-0.4, -0.2) is 46.0 Å². The zero-order chi connectivity index (χ0) is 15.5. The molecule has 1 fully saturated rings. The van der Waals surface area contributed by atoms with Gasteiger partial charge in [-0.25, -0.2) is 9.69 Å². The molecule has 3 rings (SSSR count). The summed E-state index contributed by atoms with van der Waals surface area (Å²) in [6, 6.07) is 7.46. The lowest BCUT2D eigenvalue weighted by Crippen LogP contribution is -2.32. The Morgan fingerprint density at radius 3 is 2.91 bits per heavy atom. The smallest absolute Gasteiger partial charge is 0.416 e. The summed E-state index contributed by atoms with van der Waals surface area (Å²) in [7, 11) is 0. The molecule has 1 saturated heterocycles. The highest BCUT2D eigenvalue weighted by Gasteiger charge is 2.28. The SMILES string of the molecule is O=C(CSc1nnc(-c2ccccc2Br)o1)N1CCOC1=O. The van der Waals surface area contributed by atoms with Crippen LogP contribution < -0.4 is 0 Å². The van der Waals surface area contributed by atoms with Crippen LogP contribution in [0.2, 0.25) is 0 Å². The van der Waals surface area contributed by atoms with Crippen LogP contribution in [-0.2, 0) is 9.53 Å². The Labute approximate surface area is 138 Å². The summed E-state index contributed by atoms with van der Waals surface area (Å²) in [5.41, 5.74) is 0.774. The van der Waals surface area contributed by atoms with E-state index in [9.17, 15) is 9.59 Å². The zero-order valence-corrected chi connectivity index (χ0v) is 13.6. The van der Waals surface area contributed by atoms with Gasteiger partial charge in [-0.1, -0.05) is 23.9 Å². The van der Waals surface area contributed by atoms with Gasteiger partial charge in [0, 0.05) is 4.47 Å². The van der Waals surface area contributed by atoms with E-state index < -0.39 is 6.09 Å². The van der Waals surface area contributed by atoms with Gasteiger partial charge in [0.2, 0.25) is 11.8 Å². The maximum absolute atomic E-state index is 11.9. The van der Waals surface area contributed by atoms with Gasteiger partial charge in [-0.15, -0.1) is 10.2 Å². The molecule has 7 nitrogen and oxygen atoms in total. The first-order valence-electron chi connectivity index (χ1n) is 6.33. The van der Waals surface area contributed by atoms with Crippen molar-refractivity contribution in [3.63, 3.8) is 0 Å². The first-order chi connectivity index (χ1) is 10.6. The first-order valence-corrected chi connectivity index (χ1v) is 8.11. The molecular formula is C13H10BrN3O4S. The quantitative estimate of drug-likeness (QED) is 0.749. The molecular weight excluding hydrogens is 374 g/mol. The summed E-state index contributed by atoms with van der Waals surface area (Å²) in [5.74, 6) is 0.0586. The molecule has 0 bridgehead atoms. The molecule has 2 amide bonds. The van der Waals surface area contributed by atoms with Gasteiger partial charge in [0.25, 0.3) is 5.22 Å². The number of hydrogen-bond donors (Lipinski definition) is 0. The van der Waals surface area contributed by atoms with E-state index in [1.807, 2.05) is 24.3 Å². The molecule has 1 aromatic carbocycles. The van der Waals surface area contributed by atoms with Crippen LogP contribution in [0.25, 0.3) is 11.5 Å². The van der Waals surface area contributed by atoms with Crippen LogP contribution in [0.1, 0.15) is 0 Å². The Morgan fingerprint density at radius 2 is 2.18 bits per heavy atom. The van der Waals surface area contributed by atoms with E-state index in [0.29, 0.717) is 5.89 Å². The van der Waals surface area contributed by atoms with Gasteiger partial charge in [-0.05, 0) is 28.1 Å². The summed E-state index contributed by atoms with van der Waals surface area (Å²) in [6.07, 6.45) is -0.606. The molecule has 2 heterocycles. The second-order valence-corrected chi connectivity index (χ2v) is 6.08. The van der Waals surface area contributed by atoms with Crippen molar-refractivity contribution in [2.24, 2.45) is 0 Å². The number of nitrogens with zero attached hydrogens (tertiary/aromatic N) is 3. The third kappa shape index (κ3) is 3.14. The lowest BCUT2D eigenvalue weighted by Gasteiger charge is -2.08. The molecule has 0 atom stereocenters. The Bertz CT molecular complexity index is 721. The molecule has 0 spiro atoms. The largest absolute Gasteiger partial charge is 0.447 e. The zero-order valence-electron chi connectivity index (χ0n) is 11.2. The summed E-state index contributed by atoms with van der Waals surface area (Å²) < 4.78 is 11.1. The van der Waals surface area contributed by atoms with Gasteiger partial charge in [0.1, 0.15) is 6.61 Å². The number of thioether (sulfide) groups is 1. The molecule has 0 aliphatic carbocycles. The number of ether oxygens (including phenoxy) is 1. The molecule has 2 aromatic rings. The predicted molar refractivity (Wildman–Crippen MR) is 81.2 cm³/mol. The molecule has 0 saturated carbocycles. The number of aromatic nitrogens is 2. The Kier molecular flexibility index (Phi) is 4.44.